The number of carbonyl (C=O) groups is 1. The predicted molar refractivity (Wildman–Crippen MR) is 89.0 cm³/mol. The Morgan fingerprint density at radius 3 is 2.29 bits per heavy atom. The van der Waals surface area contributed by atoms with Crippen molar-refractivity contribution in [2.75, 3.05) is 10.3 Å². The van der Waals surface area contributed by atoms with Gasteiger partial charge in [-0.3, -0.25) is 5.43 Å². The van der Waals surface area contributed by atoms with Crippen LogP contribution in [0.25, 0.3) is 0 Å². The number of primary amides is 1. The number of anilines is 2. The van der Waals surface area contributed by atoms with Crippen LogP contribution in [0.3, 0.4) is 0 Å². The maximum atomic E-state index is 11.5. The van der Waals surface area contributed by atoms with Crippen molar-refractivity contribution in [3.63, 3.8) is 0 Å². The van der Waals surface area contributed by atoms with Gasteiger partial charge in [0.2, 0.25) is 0 Å². The Morgan fingerprint density at radius 1 is 1.10 bits per heavy atom. The number of urea groups is 1. The van der Waals surface area contributed by atoms with Gasteiger partial charge in [-0.2, -0.15) is 0 Å². The number of rotatable bonds is 2. The molecule has 0 atom stereocenters. The van der Waals surface area contributed by atoms with Crippen LogP contribution in [0.1, 0.15) is 5.56 Å². The lowest BCUT2D eigenvalue weighted by Gasteiger charge is -2.23. The topological polar surface area (TPSA) is 70.4 Å². The van der Waals surface area contributed by atoms with Gasteiger partial charge in [0, 0.05) is 5.69 Å². The van der Waals surface area contributed by atoms with Crippen molar-refractivity contribution in [2.24, 2.45) is 5.73 Å². The summed E-state index contributed by atoms with van der Waals surface area (Å²) in [5.41, 5.74) is 10.7. The Bertz CT molecular complexity index is 628. The van der Waals surface area contributed by atoms with Gasteiger partial charge in [0.25, 0.3) is 0 Å². The van der Waals surface area contributed by atoms with E-state index in [4.69, 9.17) is 18.0 Å². The summed E-state index contributed by atoms with van der Waals surface area (Å²) in [4.78, 5) is 11.5. The maximum Gasteiger partial charge on any atom is 0.338 e. The molecule has 2 aromatic carbocycles. The molecule has 0 heterocycles. The number of benzene rings is 2. The highest BCUT2D eigenvalue weighted by atomic mass is 32.1. The quantitative estimate of drug-likeness (QED) is 0.589. The van der Waals surface area contributed by atoms with Crippen LogP contribution in [0.4, 0.5) is 16.2 Å². The van der Waals surface area contributed by atoms with E-state index >= 15 is 0 Å². The predicted octanol–water partition coefficient (Wildman–Crippen LogP) is 2.78. The lowest BCUT2D eigenvalue weighted by atomic mass is 10.2. The van der Waals surface area contributed by atoms with Crippen LogP contribution in [-0.2, 0) is 0 Å². The molecule has 0 bridgehead atoms. The molecule has 2 aromatic rings. The molecule has 0 fully saturated rings. The minimum absolute atomic E-state index is 0.279. The van der Waals surface area contributed by atoms with Crippen LogP contribution in [-0.4, -0.2) is 11.1 Å². The fourth-order valence-electron chi connectivity index (χ4n) is 1.72. The standard InChI is InChI=1S/C15H16N4OS/c1-11-7-9-12(10-8-11)17-15(21)18-19(14(16)20)13-5-3-2-4-6-13/h2-10H,1H3,(H2,16,20)(H2,17,18,21). The maximum absolute atomic E-state index is 11.5. The SMILES string of the molecule is Cc1ccc(NC(=S)NN(C(N)=O)c2ccccc2)cc1. The summed E-state index contributed by atoms with van der Waals surface area (Å²) in [5, 5.41) is 4.46. The molecule has 0 aliphatic carbocycles. The van der Waals surface area contributed by atoms with Crippen molar-refractivity contribution >= 4 is 34.7 Å². The number of hydrazine groups is 1. The molecule has 0 saturated carbocycles. The first-order chi connectivity index (χ1) is 10.1. The Labute approximate surface area is 128 Å². The zero-order valence-electron chi connectivity index (χ0n) is 11.5. The minimum atomic E-state index is -0.644. The largest absolute Gasteiger partial charge is 0.350 e. The minimum Gasteiger partial charge on any atom is -0.350 e. The van der Waals surface area contributed by atoms with E-state index in [1.807, 2.05) is 49.4 Å². The monoisotopic (exact) mass is 300 g/mol. The molecule has 108 valence electrons. The smallest absolute Gasteiger partial charge is 0.338 e. The Morgan fingerprint density at radius 2 is 1.71 bits per heavy atom. The molecule has 0 aromatic heterocycles. The lowest BCUT2D eigenvalue weighted by molar-refractivity contribution is 0.253. The van der Waals surface area contributed by atoms with Gasteiger partial charge >= 0.3 is 6.03 Å². The highest BCUT2D eigenvalue weighted by Gasteiger charge is 2.13. The number of para-hydroxylation sites is 1. The molecular weight excluding hydrogens is 284 g/mol. The number of carbonyl (C=O) groups excluding carboxylic acids is 1. The third-order valence-corrected chi connectivity index (χ3v) is 2.95. The molecule has 5 nitrogen and oxygen atoms in total. The van der Waals surface area contributed by atoms with Gasteiger partial charge in [-0.25, -0.2) is 9.80 Å². The van der Waals surface area contributed by atoms with Gasteiger partial charge in [-0.15, -0.1) is 0 Å². The summed E-state index contributed by atoms with van der Waals surface area (Å²) >= 11 is 5.19. The van der Waals surface area contributed by atoms with E-state index in [1.54, 1.807) is 12.1 Å². The summed E-state index contributed by atoms with van der Waals surface area (Å²) in [5.74, 6) is 0. The second-order valence-corrected chi connectivity index (χ2v) is 4.85. The number of aryl methyl sites for hydroxylation is 1. The number of nitrogens with one attached hydrogen (secondary N) is 2. The molecule has 0 unspecified atom stereocenters. The van der Waals surface area contributed by atoms with E-state index in [-0.39, 0.29) is 5.11 Å². The molecule has 0 aliphatic heterocycles. The molecule has 2 amide bonds. The van der Waals surface area contributed by atoms with Crippen molar-refractivity contribution in [1.82, 2.24) is 5.43 Å². The Hall–Kier alpha value is -2.60. The number of hydrogen-bond acceptors (Lipinski definition) is 2. The van der Waals surface area contributed by atoms with Gasteiger partial charge in [0.05, 0.1) is 5.69 Å². The third-order valence-electron chi connectivity index (χ3n) is 2.76. The van der Waals surface area contributed by atoms with Crippen molar-refractivity contribution in [1.29, 1.82) is 0 Å². The molecule has 0 radical (unpaired) electrons. The van der Waals surface area contributed by atoms with E-state index < -0.39 is 6.03 Å². The molecule has 0 saturated heterocycles. The number of thiocarbonyl (C=S) groups is 1. The van der Waals surface area contributed by atoms with Crippen molar-refractivity contribution < 1.29 is 4.79 Å². The van der Waals surface area contributed by atoms with E-state index in [2.05, 4.69) is 10.7 Å². The van der Waals surface area contributed by atoms with E-state index in [0.717, 1.165) is 11.3 Å². The summed E-state index contributed by atoms with van der Waals surface area (Å²) in [6, 6.07) is 16.1. The summed E-state index contributed by atoms with van der Waals surface area (Å²) in [7, 11) is 0. The Balaban J connectivity index is 2.05. The highest BCUT2D eigenvalue weighted by molar-refractivity contribution is 7.80. The van der Waals surface area contributed by atoms with Crippen molar-refractivity contribution in [3.8, 4) is 0 Å². The first-order valence-corrected chi connectivity index (χ1v) is 6.76. The van der Waals surface area contributed by atoms with Gasteiger partial charge < -0.3 is 11.1 Å². The molecule has 2 rings (SSSR count). The zero-order valence-corrected chi connectivity index (χ0v) is 12.4. The van der Waals surface area contributed by atoms with Crippen LogP contribution in [0.2, 0.25) is 0 Å². The first-order valence-electron chi connectivity index (χ1n) is 6.35. The first kappa shape index (κ1) is 14.8. The van der Waals surface area contributed by atoms with E-state index in [1.165, 1.54) is 5.01 Å². The normalized spacial score (nSPS) is 9.76. The van der Waals surface area contributed by atoms with Crippen molar-refractivity contribution in [3.05, 3.63) is 60.2 Å². The second kappa shape index (κ2) is 6.71. The fourth-order valence-corrected chi connectivity index (χ4v) is 1.93. The Kier molecular flexibility index (Phi) is 4.73. The molecule has 4 N–H and O–H groups in total. The number of nitrogens with zero attached hydrogens (tertiary/aromatic N) is 1. The van der Waals surface area contributed by atoms with E-state index in [9.17, 15) is 4.79 Å². The average molecular weight is 300 g/mol. The van der Waals surface area contributed by atoms with Crippen LogP contribution in [0.15, 0.2) is 54.6 Å². The number of nitrogens with two attached hydrogens (primary N) is 1. The average Bonchev–Trinajstić information content (AvgIpc) is 2.48. The molecular formula is C15H16N4OS. The van der Waals surface area contributed by atoms with Crippen LogP contribution < -0.4 is 21.5 Å². The van der Waals surface area contributed by atoms with Gasteiger partial charge in [0.1, 0.15) is 0 Å². The fraction of sp³-hybridized carbons (Fsp3) is 0.0667. The van der Waals surface area contributed by atoms with Crippen molar-refractivity contribution in [2.45, 2.75) is 6.92 Å². The highest BCUT2D eigenvalue weighted by Crippen LogP contribution is 2.12. The summed E-state index contributed by atoms with van der Waals surface area (Å²) < 4.78 is 0. The molecule has 21 heavy (non-hydrogen) atoms. The number of hydrogen-bond donors (Lipinski definition) is 3. The lowest BCUT2D eigenvalue weighted by Crippen LogP contribution is -2.50. The molecule has 0 aliphatic rings. The second-order valence-electron chi connectivity index (χ2n) is 4.44. The van der Waals surface area contributed by atoms with Gasteiger partial charge in [0.15, 0.2) is 5.11 Å². The van der Waals surface area contributed by atoms with Crippen LogP contribution >= 0.6 is 12.2 Å². The summed E-state index contributed by atoms with van der Waals surface area (Å²) in [6.07, 6.45) is 0. The van der Waals surface area contributed by atoms with Gasteiger partial charge in [-0.1, -0.05) is 35.9 Å². The van der Waals surface area contributed by atoms with E-state index in [0.29, 0.717) is 5.69 Å². The summed E-state index contributed by atoms with van der Waals surface area (Å²) in [6.45, 7) is 2.00. The van der Waals surface area contributed by atoms with Crippen LogP contribution in [0.5, 0.6) is 0 Å². The van der Waals surface area contributed by atoms with Gasteiger partial charge in [-0.05, 0) is 43.4 Å². The van der Waals surface area contributed by atoms with Crippen LogP contribution in [0, 0.1) is 6.92 Å². The third kappa shape index (κ3) is 4.19. The molecule has 6 heteroatoms. The zero-order chi connectivity index (χ0) is 15.2. The molecule has 0 spiro atoms. The number of amides is 2.